The van der Waals surface area contributed by atoms with Crippen molar-refractivity contribution < 1.29 is 8.42 Å². The molecule has 0 radical (unpaired) electrons. The summed E-state index contributed by atoms with van der Waals surface area (Å²) in [7, 11) is 1.35. The number of rotatable bonds is 4. The van der Waals surface area contributed by atoms with Gasteiger partial charge in [-0.3, -0.25) is 4.98 Å². The summed E-state index contributed by atoms with van der Waals surface area (Å²) in [5.41, 5.74) is 0.968. The highest BCUT2D eigenvalue weighted by molar-refractivity contribution is 8.12. The van der Waals surface area contributed by atoms with Crippen LogP contribution in [0.3, 0.4) is 0 Å². The third kappa shape index (κ3) is 4.82. The van der Waals surface area contributed by atoms with Gasteiger partial charge in [-0.25, -0.2) is 4.72 Å². The van der Waals surface area contributed by atoms with Crippen LogP contribution in [0.5, 0.6) is 0 Å². The molecule has 13 heavy (non-hydrogen) atoms. The van der Waals surface area contributed by atoms with E-state index in [9.17, 15) is 8.42 Å². The maximum Gasteiger partial charge on any atom is 0.297 e. The number of hydrogen-bond acceptors (Lipinski definition) is 3. The van der Waals surface area contributed by atoms with Gasteiger partial charge in [-0.1, -0.05) is 6.07 Å². The fourth-order valence-electron chi connectivity index (χ4n) is 0.863. The van der Waals surface area contributed by atoms with Crippen molar-refractivity contribution in [3.8, 4) is 0 Å². The molecule has 0 aromatic carbocycles. The molecule has 0 saturated carbocycles. The second kappa shape index (κ2) is 4.55. The zero-order valence-electron chi connectivity index (χ0n) is 6.77. The van der Waals surface area contributed by atoms with Crippen LogP contribution in [-0.4, -0.2) is 19.9 Å². The van der Waals surface area contributed by atoms with Crippen molar-refractivity contribution in [3.63, 3.8) is 0 Å². The molecule has 4 nitrogen and oxygen atoms in total. The highest BCUT2D eigenvalue weighted by Crippen LogP contribution is 1.97. The van der Waals surface area contributed by atoms with E-state index in [0.717, 1.165) is 5.56 Å². The lowest BCUT2D eigenvalue weighted by Crippen LogP contribution is -2.20. The Morgan fingerprint density at radius 1 is 1.54 bits per heavy atom. The van der Waals surface area contributed by atoms with Crippen molar-refractivity contribution in [2.45, 2.75) is 6.42 Å². The van der Waals surface area contributed by atoms with Crippen LogP contribution in [0.25, 0.3) is 0 Å². The summed E-state index contributed by atoms with van der Waals surface area (Å²) < 4.78 is 23.1. The molecule has 72 valence electrons. The molecule has 0 saturated heterocycles. The molecule has 0 atom stereocenters. The van der Waals surface area contributed by atoms with E-state index in [1.807, 2.05) is 6.07 Å². The van der Waals surface area contributed by atoms with Gasteiger partial charge in [0.25, 0.3) is 9.24 Å². The van der Waals surface area contributed by atoms with E-state index in [1.54, 1.807) is 18.5 Å². The minimum atomic E-state index is -3.59. The molecule has 1 N–H and O–H groups in total. The van der Waals surface area contributed by atoms with E-state index in [0.29, 0.717) is 6.42 Å². The zero-order chi connectivity index (χ0) is 9.73. The minimum absolute atomic E-state index is 0.289. The smallest absolute Gasteiger partial charge is 0.264 e. The van der Waals surface area contributed by atoms with Crippen molar-refractivity contribution in [3.05, 3.63) is 30.1 Å². The van der Waals surface area contributed by atoms with Crippen LogP contribution in [0, 0.1) is 0 Å². The summed E-state index contributed by atoms with van der Waals surface area (Å²) >= 11 is 0. The second-order valence-electron chi connectivity index (χ2n) is 2.44. The largest absolute Gasteiger partial charge is 0.297 e. The molecule has 0 fully saturated rings. The van der Waals surface area contributed by atoms with E-state index < -0.39 is 9.24 Å². The molecule has 0 bridgehead atoms. The average Bonchev–Trinajstić information content (AvgIpc) is 2.04. The van der Waals surface area contributed by atoms with Crippen LogP contribution < -0.4 is 4.72 Å². The molecular weight excluding hydrogens is 212 g/mol. The Morgan fingerprint density at radius 3 is 2.85 bits per heavy atom. The second-order valence-corrected chi connectivity index (χ2v) is 4.83. The normalized spacial score (nSPS) is 11.5. The average molecular weight is 221 g/mol. The molecule has 6 heteroatoms. The van der Waals surface area contributed by atoms with Crippen LogP contribution >= 0.6 is 10.7 Å². The van der Waals surface area contributed by atoms with Gasteiger partial charge in [0.2, 0.25) is 0 Å². The Bertz CT molecular complexity index is 352. The number of pyridine rings is 1. The molecule has 1 heterocycles. The van der Waals surface area contributed by atoms with Crippen molar-refractivity contribution in [1.29, 1.82) is 0 Å². The van der Waals surface area contributed by atoms with Crippen LogP contribution in [-0.2, 0) is 15.7 Å². The maximum absolute atomic E-state index is 10.5. The summed E-state index contributed by atoms with van der Waals surface area (Å²) in [6.07, 6.45) is 3.93. The van der Waals surface area contributed by atoms with Gasteiger partial charge < -0.3 is 0 Å². The summed E-state index contributed by atoms with van der Waals surface area (Å²) in [6, 6.07) is 3.67. The van der Waals surface area contributed by atoms with Crippen molar-refractivity contribution in [1.82, 2.24) is 9.71 Å². The Balaban J connectivity index is 2.37. The highest BCUT2D eigenvalue weighted by Gasteiger charge is 2.01. The Labute approximate surface area is 81.5 Å². The molecular formula is C7H9ClN2O2S. The van der Waals surface area contributed by atoms with E-state index in [1.165, 1.54) is 0 Å². The summed E-state index contributed by atoms with van der Waals surface area (Å²) in [5.74, 6) is 0. The lowest BCUT2D eigenvalue weighted by atomic mass is 10.2. The predicted molar refractivity (Wildman–Crippen MR) is 50.7 cm³/mol. The maximum atomic E-state index is 10.5. The van der Waals surface area contributed by atoms with E-state index in [2.05, 4.69) is 9.71 Å². The van der Waals surface area contributed by atoms with Gasteiger partial charge in [0, 0.05) is 29.6 Å². The van der Waals surface area contributed by atoms with Crippen molar-refractivity contribution >= 4 is 19.9 Å². The van der Waals surface area contributed by atoms with Gasteiger partial charge in [0.05, 0.1) is 0 Å². The molecule has 0 aliphatic rings. The topological polar surface area (TPSA) is 59.1 Å². The molecule has 1 rings (SSSR count). The van der Waals surface area contributed by atoms with Crippen LogP contribution in [0.15, 0.2) is 24.5 Å². The van der Waals surface area contributed by atoms with Gasteiger partial charge in [0.15, 0.2) is 0 Å². The van der Waals surface area contributed by atoms with Crippen molar-refractivity contribution in [2.75, 3.05) is 6.54 Å². The number of halogens is 1. The van der Waals surface area contributed by atoms with Gasteiger partial charge in [-0.05, 0) is 18.1 Å². The Hall–Kier alpha value is -0.650. The zero-order valence-corrected chi connectivity index (χ0v) is 8.35. The highest BCUT2D eigenvalue weighted by atomic mass is 35.7. The lowest BCUT2D eigenvalue weighted by Gasteiger charge is -1.99. The summed E-state index contributed by atoms with van der Waals surface area (Å²) in [4.78, 5) is 3.89. The molecule has 0 unspecified atom stereocenters. The van der Waals surface area contributed by atoms with Crippen molar-refractivity contribution in [2.24, 2.45) is 0 Å². The first kappa shape index (κ1) is 10.4. The fourth-order valence-corrected chi connectivity index (χ4v) is 1.44. The molecule has 0 aliphatic carbocycles. The quantitative estimate of drug-likeness (QED) is 0.760. The first-order valence-electron chi connectivity index (χ1n) is 3.66. The monoisotopic (exact) mass is 220 g/mol. The number of aromatic nitrogens is 1. The summed E-state index contributed by atoms with van der Waals surface area (Å²) in [6.45, 7) is 0.289. The molecule has 1 aromatic heterocycles. The summed E-state index contributed by atoms with van der Waals surface area (Å²) in [5, 5.41) is 0. The fraction of sp³-hybridized carbons (Fsp3) is 0.286. The Kier molecular flexibility index (Phi) is 3.65. The van der Waals surface area contributed by atoms with Crippen LogP contribution in [0.1, 0.15) is 5.56 Å². The first-order valence-corrected chi connectivity index (χ1v) is 5.97. The number of nitrogens with zero attached hydrogens (tertiary/aromatic N) is 1. The number of hydrogen-bond donors (Lipinski definition) is 1. The minimum Gasteiger partial charge on any atom is -0.264 e. The van der Waals surface area contributed by atoms with Crippen LogP contribution in [0.4, 0.5) is 0 Å². The van der Waals surface area contributed by atoms with E-state index in [-0.39, 0.29) is 6.54 Å². The molecule has 0 amide bonds. The molecule has 1 aromatic rings. The molecule has 0 aliphatic heterocycles. The third-order valence-corrected chi connectivity index (χ3v) is 2.29. The lowest BCUT2D eigenvalue weighted by molar-refractivity contribution is 0.596. The van der Waals surface area contributed by atoms with E-state index >= 15 is 0 Å². The SMILES string of the molecule is O=S(=O)(Cl)NCCc1cccnc1. The van der Waals surface area contributed by atoms with Gasteiger partial charge in [-0.2, -0.15) is 8.42 Å². The van der Waals surface area contributed by atoms with Gasteiger partial charge in [-0.15, -0.1) is 0 Å². The number of nitrogens with one attached hydrogen (secondary N) is 1. The van der Waals surface area contributed by atoms with Gasteiger partial charge >= 0.3 is 0 Å². The Morgan fingerprint density at radius 2 is 2.31 bits per heavy atom. The van der Waals surface area contributed by atoms with Crippen LogP contribution in [0.2, 0.25) is 0 Å². The van der Waals surface area contributed by atoms with E-state index in [4.69, 9.17) is 10.7 Å². The first-order chi connectivity index (χ1) is 6.08. The molecule has 0 spiro atoms. The third-order valence-electron chi connectivity index (χ3n) is 1.41. The predicted octanol–water partition coefficient (Wildman–Crippen LogP) is 0.697. The van der Waals surface area contributed by atoms with Gasteiger partial charge in [0.1, 0.15) is 0 Å². The standard InChI is InChI=1S/C7H9ClN2O2S/c8-13(11,12)10-5-3-7-2-1-4-9-6-7/h1-2,4,6,10H,3,5H2.